The van der Waals surface area contributed by atoms with Crippen molar-refractivity contribution in [2.24, 2.45) is 0 Å². The van der Waals surface area contributed by atoms with Gasteiger partial charge in [0.1, 0.15) is 5.25 Å². The summed E-state index contributed by atoms with van der Waals surface area (Å²) in [6, 6.07) is 4.01. The van der Waals surface area contributed by atoms with Gasteiger partial charge in [0.2, 0.25) is 5.89 Å². The van der Waals surface area contributed by atoms with Crippen LogP contribution in [0.1, 0.15) is 37.5 Å². The van der Waals surface area contributed by atoms with Crippen molar-refractivity contribution in [3.05, 3.63) is 28.3 Å². The number of ether oxygens (including phenoxy) is 1. The molecule has 0 N–H and O–H groups in total. The van der Waals surface area contributed by atoms with E-state index in [1.165, 1.54) is 16.6 Å². The summed E-state index contributed by atoms with van der Waals surface area (Å²) in [5.41, 5.74) is 0. The number of thioether (sulfide) groups is 1. The largest absolute Gasteiger partial charge is 0.465 e. The summed E-state index contributed by atoms with van der Waals surface area (Å²) >= 11 is 2.88. The highest BCUT2D eigenvalue weighted by Crippen LogP contribution is 2.24. The Hall–Kier alpha value is -1.34. The van der Waals surface area contributed by atoms with Gasteiger partial charge in [0.15, 0.2) is 0 Å². The SMILES string of the molecule is CCCCOC(=O)C(C)Sc1nnc(Cc2cccs2)o1. The Labute approximate surface area is 132 Å². The molecular formula is C14H18N2O3S2. The monoisotopic (exact) mass is 326 g/mol. The van der Waals surface area contributed by atoms with Gasteiger partial charge in [-0.1, -0.05) is 31.2 Å². The molecule has 2 aromatic heterocycles. The zero-order valence-corrected chi connectivity index (χ0v) is 13.7. The normalized spacial score (nSPS) is 12.3. The fraction of sp³-hybridized carbons (Fsp3) is 0.500. The summed E-state index contributed by atoms with van der Waals surface area (Å²) in [7, 11) is 0. The number of esters is 1. The molecule has 7 heteroatoms. The molecule has 0 fully saturated rings. The Kier molecular flexibility index (Phi) is 6.25. The number of unbranched alkanes of at least 4 members (excludes halogenated alkanes) is 1. The van der Waals surface area contributed by atoms with Crippen molar-refractivity contribution >= 4 is 29.1 Å². The molecule has 2 rings (SSSR count). The Morgan fingerprint density at radius 3 is 3.10 bits per heavy atom. The molecule has 0 saturated heterocycles. The van der Waals surface area contributed by atoms with Crippen LogP contribution in [0.15, 0.2) is 27.2 Å². The first kappa shape index (κ1) is 16.0. The molecule has 114 valence electrons. The van der Waals surface area contributed by atoms with Crippen LogP contribution in [0.25, 0.3) is 0 Å². The molecule has 0 amide bonds. The highest BCUT2D eigenvalue weighted by molar-refractivity contribution is 8.00. The van der Waals surface area contributed by atoms with Crippen LogP contribution in [0.2, 0.25) is 0 Å². The van der Waals surface area contributed by atoms with Crippen LogP contribution in [0.5, 0.6) is 0 Å². The number of hydrogen-bond acceptors (Lipinski definition) is 7. The van der Waals surface area contributed by atoms with Crippen LogP contribution in [0.3, 0.4) is 0 Å². The highest BCUT2D eigenvalue weighted by atomic mass is 32.2. The molecule has 0 aliphatic heterocycles. The van der Waals surface area contributed by atoms with Crippen LogP contribution in [-0.4, -0.2) is 28.0 Å². The maximum Gasteiger partial charge on any atom is 0.319 e. The maximum atomic E-state index is 11.8. The van der Waals surface area contributed by atoms with Gasteiger partial charge in [-0.15, -0.1) is 21.5 Å². The van der Waals surface area contributed by atoms with Gasteiger partial charge in [-0.2, -0.15) is 0 Å². The number of rotatable bonds is 8. The molecule has 0 radical (unpaired) electrons. The Bertz CT molecular complexity index is 554. The number of aromatic nitrogens is 2. The van der Waals surface area contributed by atoms with Gasteiger partial charge < -0.3 is 9.15 Å². The van der Waals surface area contributed by atoms with Crippen molar-refractivity contribution in [3.63, 3.8) is 0 Å². The van der Waals surface area contributed by atoms with E-state index in [9.17, 15) is 4.79 Å². The van der Waals surface area contributed by atoms with Crippen LogP contribution in [0, 0.1) is 0 Å². The lowest BCUT2D eigenvalue weighted by atomic mass is 10.3. The first-order valence-corrected chi connectivity index (χ1v) is 8.63. The average molecular weight is 326 g/mol. The average Bonchev–Trinajstić information content (AvgIpc) is 3.11. The minimum Gasteiger partial charge on any atom is -0.465 e. The summed E-state index contributed by atoms with van der Waals surface area (Å²) in [5.74, 6) is 0.318. The van der Waals surface area contributed by atoms with Crippen LogP contribution in [0.4, 0.5) is 0 Å². The van der Waals surface area contributed by atoms with Crippen LogP contribution in [-0.2, 0) is 16.0 Å². The molecule has 21 heavy (non-hydrogen) atoms. The van der Waals surface area contributed by atoms with E-state index < -0.39 is 0 Å². The summed E-state index contributed by atoms with van der Waals surface area (Å²) in [4.78, 5) is 12.9. The van der Waals surface area contributed by atoms with Gasteiger partial charge in [-0.3, -0.25) is 4.79 Å². The smallest absolute Gasteiger partial charge is 0.319 e. The zero-order valence-electron chi connectivity index (χ0n) is 12.1. The molecule has 2 aromatic rings. The summed E-state index contributed by atoms with van der Waals surface area (Å²) in [6.45, 7) is 4.30. The van der Waals surface area contributed by atoms with Crippen molar-refractivity contribution in [2.45, 2.75) is 43.6 Å². The van der Waals surface area contributed by atoms with Crippen molar-refractivity contribution < 1.29 is 13.9 Å². The van der Waals surface area contributed by atoms with Gasteiger partial charge in [-0.25, -0.2) is 0 Å². The van der Waals surface area contributed by atoms with E-state index in [0.717, 1.165) is 12.8 Å². The van der Waals surface area contributed by atoms with Crippen molar-refractivity contribution in [1.29, 1.82) is 0 Å². The molecule has 1 atom stereocenters. The molecule has 2 heterocycles. The van der Waals surface area contributed by atoms with Gasteiger partial charge in [0.25, 0.3) is 5.22 Å². The van der Waals surface area contributed by atoms with Gasteiger partial charge >= 0.3 is 5.97 Å². The highest BCUT2D eigenvalue weighted by Gasteiger charge is 2.19. The first-order valence-electron chi connectivity index (χ1n) is 6.87. The zero-order chi connectivity index (χ0) is 15.1. The predicted molar refractivity (Wildman–Crippen MR) is 82.6 cm³/mol. The second-order valence-corrected chi connectivity index (χ2v) is 6.82. The van der Waals surface area contributed by atoms with E-state index in [2.05, 4.69) is 17.1 Å². The van der Waals surface area contributed by atoms with Gasteiger partial charge in [0, 0.05) is 4.88 Å². The fourth-order valence-corrected chi connectivity index (χ4v) is 2.95. The van der Waals surface area contributed by atoms with E-state index in [0.29, 0.717) is 24.1 Å². The molecule has 5 nitrogen and oxygen atoms in total. The molecule has 0 bridgehead atoms. The predicted octanol–water partition coefficient (Wildman–Crippen LogP) is 3.55. The van der Waals surface area contributed by atoms with Gasteiger partial charge in [-0.05, 0) is 24.8 Å². The summed E-state index contributed by atoms with van der Waals surface area (Å²) < 4.78 is 10.7. The molecule has 0 spiro atoms. The lowest BCUT2D eigenvalue weighted by Crippen LogP contribution is -2.17. The number of thiophene rings is 1. The lowest BCUT2D eigenvalue weighted by Gasteiger charge is -2.08. The van der Waals surface area contributed by atoms with Crippen molar-refractivity contribution in [1.82, 2.24) is 10.2 Å². The minimum atomic E-state index is -0.350. The van der Waals surface area contributed by atoms with Gasteiger partial charge in [0.05, 0.1) is 13.0 Å². The topological polar surface area (TPSA) is 65.2 Å². The molecule has 0 saturated carbocycles. The minimum absolute atomic E-state index is 0.244. The third-order valence-electron chi connectivity index (χ3n) is 2.71. The quantitative estimate of drug-likeness (QED) is 0.420. The molecule has 0 aromatic carbocycles. The summed E-state index contributed by atoms with van der Waals surface area (Å²) in [5, 5.41) is 10.0. The van der Waals surface area contributed by atoms with E-state index in [1.54, 1.807) is 18.3 Å². The van der Waals surface area contributed by atoms with E-state index in [-0.39, 0.29) is 11.2 Å². The fourth-order valence-electron chi connectivity index (χ4n) is 1.55. The second-order valence-electron chi connectivity index (χ2n) is 4.50. The van der Waals surface area contributed by atoms with Crippen LogP contribution < -0.4 is 0 Å². The number of carbonyl (C=O) groups is 1. The standard InChI is InChI=1S/C14H18N2O3S2/c1-3-4-7-18-13(17)10(2)21-14-16-15-12(19-14)9-11-6-5-8-20-11/h5-6,8,10H,3-4,7,9H2,1-2H3. The lowest BCUT2D eigenvalue weighted by molar-refractivity contribution is -0.142. The number of hydrogen-bond donors (Lipinski definition) is 0. The Balaban J connectivity index is 1.82. The Morgan fingerprint density at radius 2 is 2.38 bits per heavy atom. The third kappa shape index (κ3) is 5.17. The summed E-state index contributed by atoms with van der Waals surface area (Å²) in [6.07, 6.45) is 2.51. The third-order valence-corrected chi connectivity index (χ3v) is 4.49. The maximum absolute atomic E-state index is 11.8. The second kappa shape index (κ2) is 8.19. The first-order chi connectivity index (χ1) is 10.2. The Morgan fingerprint density at radius 1 is 1.52 bits per heavy atom. The molecular weight excluding hydrogens is 308 g/mol. The van der Waals surface area contributed by atoms with E-state index in [4.69, 9.17) is 9.15 Å². The van der Waals surface area contributed by atoms with Crippen molar-refractivity contribution in [2.75, 3.05) is 6.61 Å². The van der Waals surface area contributed by atoms with E-state index in [1.807, 2.05) is 17.5 Å². The molecule has 0 aliphatic rings. The number of carbonyl (C=O) groups excluding carboxylic acids is 1. The molecule has 1 unspecified atom stereocenters. The van der Waals surface area contributed by atoms with Crippen LogP contribution >= 0.6 is 23.1 Å². The van der Waals surface area contributed by atoms with Crippen molar-refractivity contribution in [3.8, 4) is 0 Å². The molecule has 0 aliphatic carbocycles. The number of nitrogens with zero attached hydrogens (tertiary/aromatic N) is 2. The van der Waals surface area contributed by atoms with E-state index >= 15 is 0 Å².